The predicted octanol–water partition coefficient (Wildman–Crippen LogP) is -1.23. The summed E-state index contributed by atoms with van der Waals surface area (Å²) in [5.74, 6) is 1.17. The van der Waals surface area contributed by atoms with Gasteiger partial charge < -0.3 is 14.6 Å². The van der Waals surface area contributed by atoms with Crippen LogP contribution in [-0.4, -0.2) is 25.6 Å². The van der Waals surface area contributed by atoms with Crippen molar-refractivity contribution in [1.29, 1.82) is 0 Å². The summed E-state index contributed by atoms with van der Waals surface area (Å²) in [6.45, 7) is 5.29. The zero-order valence-corrected chi connectivity index (χ0v) is 8.03. The van der Waals surface area contributed by atoms with Crippen molar-refractivity contribution in [2.24, 2.45) is 4.99 Å². The van der Waals surface area contributed by atoms with E-state index in [9.17, 15) is 0 Å². The van der Waals surface area contributed by atoms with Crippen LogP contribution in [0.25, 0.3) is 0 Å². The Kier molecular flexibility index (Phi) is 5.54. The molecule has 0 spiro atoms. The Hall–Kier alpha value is -1.36. The summed E-state index contributed by atoms with van der Waals surface area (Å²) in [4.78, 5) is 14.5. The van der Waals surface area contributed by atoms with Crippen LogP contribution >= 0.6 is 0 Å². The summed E-state index contributed by atoms with van der Waals surface area (Å²) in [6.07, 6.45) is 2.42. The molecule has 0 amide bonds. The van der Waals surface area contributed by atoms with E-state index in [1.165, 1.54) is 10.7 Å². The molecule has 0 saturated heterocycles. The molecule has 0 radical (unpaired) electrons. The lowest BCUT2D eigenvalue weighted by atomic mass is 10.5. The van der Waals surface area contributed by atoms with Gasteiger partial charge >= 0.3 is 0 Å². The van der Waals surface area contributed by atoms with E-state index in [2.05, 4.69) is 22.9 Å². The van der Waals surface area contributed by atoms with Crippen LogP contribution in [0.3, 0.4) is 0 Å². The van der Waals surface area contributed by atoms with Crippen LogP contribution in [0.15, 0.2) is 17.4 Å². The van der Waals surface area contributed by atoms with Crippen molar-refractivity contribution in [3.8, 4) is 0 Å². The molecule has 13 heavy (non-hydrogen) atoms. The quantitative estimate of drug-likeness (QED) is 0.521. The summed E-state index contributed by atoms with van der Waals surface area (Å²) >= 11 is 0. The molecule has 0 saturated carbocycles. The molecule has 0 aliphatic carbocycles. The lowest BCUT2D eigenvalue weighted by Crippen LogP contribution is -3.08. The number of carbonyl (C=O) groups excluding carboxylic acids is 1. The first-order chi connectivity index (χ1) is 6.11. The second-order valence-electron chi connectivity index (χ2n) is 2.36. The van der Waals surface area contributed by atoms with Gasteiger partial charge in [0.25, 0.3) is 6.16 Å². The lowest BCUT2D eigenvalue weighted by Gasteiger charge is -2.03. The second kappa shape index (κ2) is 6.19. The lowest BCUT2D eigenvalue weighted by molar-refractivity contribution is -0.742. The maximum atomic E-state index is 9.03. The van der Waals surface area contributed by atoms with Crippen LogP contribution in [0.4, 0.5) is 4.79 Å². The molecular formula is C8H14N2O3. The number of nitrogens with one attached hydrogen (secondary N) is 1. The number of hydrogen-bond donors (Lipinski definition) is 1. The number of quaternary nitrogens is 1. The van der Waals surface area contributed by atoms with Gasteiger partial charge in [0.05, 0.1) is 12.7 Å². The van der Waals surface area contributed by atoms with Gasteiger partial charge in [-0.15, -0.1) is 0 Å². The second-order valence-corrected chi connectivity index (χ2v) is 2.36. The Bertz CT molecular complexity index is 223. The molecule has 1 aliphatic rings. The first-order valence-corrected chi connectivity index (χ1v) is 3.94. The van der Waals surface area contributed by atoms with Crippen molar-refractivity contribution in [3.63, 3.8) is 0 Å². The number of rotatable bonds is 1. The molecule has 1 aliphatic heterocycles. The van der Waals surface area contributed by atoms with Crippen molar-refractivity contribution in [2.75, 3.05) is 13.7 Å². The van der Waals surface area contributed by atoms with E-state index in [1.54, 1.807) is 0 Å². The highest BCUT2D eigenvalue weighted by Crippen LogP contribution is 1.77. The van der Waals surface area contributed by atoms with Crippen molar-refractivity contribution in [3.05, 3.63) is 12.4 Å². The summed E-state index contributed by atoms with van der Waals surface area (Å²) in [6, 6.07) is 0. The number of carbonyl (C=O) groups is 1. The van der Waals surface area contributed by atoms with Crippen LogP contribution in [0.5, 0.6) is 0 Å². The van der Waals surface area contributed by atoms with Crippen molar-refractivity contribution in [1.82, 2.24) is 0 Å². The number of carboxylic acid groups (broad SMARTS) is 1. The standard InChI is InChI=1S/C6H10N2.C2H4O3/c1-3-8-5-4-7-6(8)2;1-5-2(3)4/h4-5H,3H2,1-2H3;1H3,(H,3,4). The first-order valence-electron chi connectivity index (χ1n) is 3.94. The molecule has 1 heterocycles. The van der Waals surface area contributed by atoms with Gasteiger partial charge in [0.15, 0.2) is 0 Å². The van der Waals surface area contributed by atoms with Crippen LogP contribution in [0, 0.1) is 0 Å². The summed E-state index contributed by atoms with van der Waals surface area (Å²) in [5, 5.41) is 9.03. The van der Waals surface area contributed by atoms with Gasteiger partial charge in [-0.05, 0) is 6.92 Å². The number of aliphatic imine (C=N–C) groups is 1. The van der Waals surface area contributed by atoms with Gasteiger partial charge in [-0.3, -0.25) is 4.90 Å². The maximum absolute atomic E-state index is 9.03. The molecule has 5 nitrogen and oxygen atoms in total. The number of ether oxygens (including phenoxy) is 1. The molecular weight excluding hydrogens is 172 g/mol. The van der Waals surface area contributed by atoms with Gasteiger partial charge in [0.1, 0.15) is 6.20 Å². The number of nitrogens with zero attached hydrogens (tertiary/aromatic N) is 1. The minimum absolute atomic E-state index is 1.04. The molecule has 0 aromatic heterocycles. The highest BCUT2D eigenvalue weighted by Gasteiger charge is 2.08. The van der Waals surface area contributed by atoms with Crippen molar-refractivity contribution < 1.29 is 19.5 Å². The predicted molar refractivity (Wildman–Crippen MR) is 46.2 cm³/mol. The Morgan fingerprint density at radius 3 is 2.46 bits per heavy atom. The van der Waals surface area contributed by atoms with E-state index < -0.39 is 6.16 Å². The van der Waals surface area contributed by atoms with Crippen molar-refractivity contribution in [2.45, 2.75) is 13.8 Å². The van der Waals surface area contributed by atoms with Crippen LogP contribution in [0.2, 0.25) is 0 Å². The molecule has 74 valence electrons. The fraction of sp³-hybridized carbons (Fsp3) is 0.500. The topological polar surface area (TPSA) is 66.2 Å². The number of hydrogen-bond acceptors (Lipinski definition) is 4. The Labute approximate surface area is 77.3 Å². The third-order valence-electron chi connectivity index (χ3n) is 1.56. The fourth-order valence-corrected chi connectivity index (χ4v) is 0.816. The molecule has 1 rings (SSSR count). The van der Waals surface area contributed by atoms with Gasteiger partial charge in [0.2, 0.25) is 5.84 Å². The van der Waals surface area contributed by atoms with E-state index in [1.807, 2.05) is 13.1 Å². The first kappa shape index (κ1) is 11.6. The molecule has 5 heteroatoms. The maximum Gasteiger partial charge on any atom is 0.251 e. The zero-order chi connectivity index (χ0) is 10.3. The number of amidine groups is 1. The molecule has 1 unspecified atom stereocenters. The molecule has 0 aromatic carbocycles. The van der Waals surface area contributed by atoms with Gasteiger partial charge in [-0.2, -0.15) is 0 Å². The molecule has 0 bridgehead atoms. The average molecular weight is 186 g/mol. The Morgan fingerprint density at radius 2 is 2.31 bits per heavy atom. The third kappa shape index (κ3) is 4.97. The van der Waals surface area contributed by atoms with Crippen molar-refractivity contribution >= 4 is 12.0 Å². The van der Waals surface area contributed by atoms with Gasteiger partial charge in [0, 0.05) is 14.0 Å². The highest BCUT2D eigenvalue weighted by atomic mass is 16.6. The van der Waals surface area contributed by atoms with Gasteiger partial charge in [-0.1, -0.05) is 0 Å². The number of methoxy groups -OCH3 is 1. The van der Waals surface area contributed by atoms with Crippen LogP contribution in [0.1, 0.15) is 13.8 Å². The minimum Gasteiger partial charge on any atom is -0.553 e. The summed E-state index contributed by atoms with van der Waals surface area (Å²) < 4.78 is 3.56. The van der Waals surface area contributed by atoms with Crippen LogP contribution in [-0.2, 0) is 4.74 Å². The Morgan fingerprint density at radius 1 is 1.77 bits per heavy atom. The van der Waals surface area contributed by atoms with E-state index in [-0.39, 0.29) is 0 Å². The fourth-order valence-electron chi connectivity index (χ4n) is 0.816. The summed E-state index contributed by atoms with van der Waals surface area (Å²) in [5.41, 5.74) is 0. The van der Waals surface area contributed by atoms with E-state index in [0.717, 1.165) is 13.7 Å². The normalized spacial score (nSPS) is 18.7. The molecule has 1 atom stereocenters. The largest absolute Gasteiger partial charge is 0.553 e. The minimum atomic E-state index is -1.50. The van der Waals surface area contributed by atoms with Gasteiger partial charge in [-0.25, -0.2) is 4.99 Å². The molecule has 0 fully saturated rings. The Balaban J connectivity index is 0.000000252. The van der Waals surface area contributed by atoms with E-state index >= 15 is 0 Å². The monoisotopic (exact) mass is 186 g/mol. The highest BCUT2D eigenvalue weighted by molar-refractivity contribution is 5.72. The zero-order valence-electron chi connectivity index (χ0n) is 8.03. The van der Waals surface area contributed by atoms with Crippen LogP contribution < -0.4 is 10.0 Å². The molecule has 1 N–H and O–H groups in total. The smallest absolute Gasteiger partial charge is 0.251 e. The third-order valence-corrected chi connectivity index (χ3v) is 1.56. The molecule has 0 aromatic rings. The summed E-state index contributed by atoms with van der Waals surface area (Å²) in [7, 11) is 1.04. The van der Waals surface area contributed by atoms with E-state index in [4.69, 9.17) is 9.90 Å². The van der Waals surface area contributed by atoms with E-state index in [0.29, 0.717) is 0 Å². The average Bonchev–Trinajstić information content (AvgIpc) is 2.52. The SMILES string of the molecule is CC[NH+]1C=CN=C1C.COC(=O)[O-].